The molecule has 5 aromatic rings. The Hall–Kier alpha value is -5.04. The highest BCUT2D eigenvalue weighted by Gasteiger charge is 2.26. The van der Waals surface area contributed by atoms with Crippen molar-refractivity contribution >= 4 is 55.7 Å². The zero-order valence-corrected chi connectivity index (χ0v) is 24.2. The molecule has 42 heavy (non-hydrogen) atoms. The Kier molecular flexibility index (Phi) is 8.02. The summed E-state index contributed by atoms with van der Waals surface area (Å²) in [6, 6.07) is 16.5. The van der Waals surface area contributed by atoms with E-state index in [2.05, 4.69) is 26.0 Å². The lowest BCUT2D eigenvalue weighted by atomic mass is 10.2. The average Bonchev–Trinajstić information content (AvgIpc) is 3.42. The molecule has 0 saturated carbocycles. The van der Waals surface area contributed by atoms with E-state index in [1.165, 1.54) is 32.4 Å². The molecule has 2 aromatic heterocycles. The van der Waals surface area contributed by atoms with Crippen LogP contribution in [-0.2, 0) is 9.53 Å². The molecule has 0 amide bonds. The Balaban J connectivity index is 1.70. The van der Waals surface area contributed by atoms with Gasteiger partial charge in [-0.25, -0.2) is 9.78 Å². The van der Waals surface area contributed by atoms with E-state index in [0.29, 0.717) is 32.1 Å². The molecule has 0 bridgehead atoms. The van der Waals surface area contributed by atoms with Crippen LogP contribution in [0.2, 0.25) is 0 Å². The number of rotatable bonds is 9. The third-order valence-electron chi connectivity index (χ3n) is 6.20. The minimum atomic E-state index is -1.16. The van der Waals surface area contributed by atoms with Crippen molar-refractivity contribution in [3.63, 3.8) is 0 Å². The van der Waals surface area contributed by atoms with Gasteiger partial charge in [0.25, 0.3) is 5.56 Å². The van der Waals surface area contributed by atoms with Gasteiger partial charge in [-0.1, -0.05) is 34.1 Å². The SMILES string of the molecule is CCOC(=O)[C@H](C)Oc1c(C=Nn2c(-c3cc4c(OC)cccc4o3)nc3ccccc3c2=O)cc(Br)cc1[N+](=O)[O-]. The number of ether oxygens (including phenoxy) is 3. The molecular weight excluding hydrogens is 612 g/mol. The van der Waals surface area contributed by atoms with Crippen LogP contribution in [0.4, 0.5) is 5.69 Å². The summed E-state index contributed by atoms with van der Waals surface area (Å²) in [5.41, 5.74) is 0.112. The third-order valence-corrected chi connectivity index (χ3v) is 6.66. The fourth-order valence-electron chi connectivity index (χ4n) is 4.28. The van der Waals surface area contributed by atoms with Crippen molar-refractivity contribution in [1.82, 2.24) is 9.66 Å². The van der Waals surface area contributed by atoms with Crippen LogP contribution in [0.3, 0.4) is 0 Å². The summed E-state index contributed by atoms with van der Waals surface area (Å²) in [6.07, 6.45) is 0.0540. The number of nitro groups is 1. The molecule has 2 heterocycles. The van der Waals surface area contributed by atoms with Crippen LogP contribution in [0.25, 0.3) is 33.5 Å². The van der Waals surface area contributed by atoms with E-state index in [0.717, 1.165) is 4.68 Å². The van der Waals surface area contributed by atoms with Crippen molar-refractivity contribution in [1.29, 1.82) is 0 Å². The summed E-state index contributed by atoms with van der Waals surface area (Å²) >= 11 is 3.27. The number of methoxy groups -OCH3 is 1. The number of nitrogens with zero attached hydrogens (tertiary/aromatic N) is 4. The van der Waals surface area contributed by atoms with Crippen molar-refractivity contribution in [2.75, 3.05) is 13.7 Å². The molecule has 214 valence electrons. The standard InChI is InChI=1S/C29H23BrN4O8/c1-4-40-29(36)16(2)41-26-17(12-18(30)13-22(26)34(37)38)15-31-33-27(32-21-9-6-5-8-19(21)28(33)35)25-14-20-23(39-3)10-7-11-24(20)42-25/h5-16H,4H2,1-3H3/t16-/m0/s1. The molecule has 5 rings (SSSR count). The highest BCUT2D eigenvalue weighted by atomic mass is 79.9. The third kappa shape index (κ3) is 5.46. The van der Waals surface area contributed by atoms with Crippen LogP contribution in [0.5, 0.6) is 11.5 Å². The fourth-order valence-corrected chi connectivity index (χ4v) is 4.74. The molecule has 0 unspecified atom stereocenters. The number of aromatic nitrogens is 2. The van der Waals surface area contributed by atoms with Gasteiger partial charge in [-0.05, 0) is 50.2 Å². The van der Waals surface area contributed by atoms with Crippen LogP contribution in [0.1, 0.15) is 19.4 Å². The number of fused-ring (bicyclic) bond motifs is 2. The second-order valence-corrected chi connectivity index (χ2v) is 9.82. The number of furan rings is 1. The maximum atomic E-state index is 13.7. The first-order valence-corrected chi connectivity index (χ1v) is 13.5. The summed E-state index contributed by atoms with van der Waals surface area (Å²) in [6.45, 7) is 3.16. The van der Waals surface area contributed by atoms with Crippen LogP contribution >= 0.6 is 15.9 Å². The van der Waals surface area contributed by atoms with Crippen LogP contribution in [-0.4, -0.2) is 46.6 Å². The Morgan fingerprint density at radius 1 is 1.19 bits per heavy atom. The number of benzene rings is 3. The highest BCUT2D eigenvalue weighted by molar-refractivity contribution is 9.10. The largest absolute Gasteiger partial charge is 0.496 e. The number of carbonyl (C=O) groups is 1. The number of halogens is 1. The number of esters is 1. The number of hydrogen-bond acceptors (Lipinski definition) is 10. The predicted octanol–water partition coefficient (Wildman–Crippen LogP) is 5.70. The van der Waals surface area contributed by atoms with E-state index in [4.69, 9.17) is 18.6 Å². The van der Waals surface area contributed by atoms with Gasteiger partial charge in [0.2, 0.25) is 11.6 Å². The molecule has 1 atom stereocenters. The molecular formula is C29H23BrN4O8. The first-order valence-electron chi connectivity index (χ1n) is 12.7. The van der Waals surface area contributed by atoms with Crippen molar-refractivity contribution in [3.05, 3.63) is 91.2 Å². The van der Waals surface area contributed by atoms with Crippen LogP contribution in [0.15, 0.2) is 79.4 Å². The molecule has 12 nitrogen and oxygen atoms in total. The van der Waals surface area contributed by atoms with Gasteiger partial charge in [-0.3, -0.25) is 14.9 Å². The Labute approximate surface area is 246 Å². The van der Waals surface area contributed by atoms with Gasteiger partial charge in [0, 0.05) is 16.1 Å². The molecule has 0 aliphatic carbocycles. The summed E-state index contributed by atoms with van der Waals surface area (Å²) in [7, 11) is 1.54. The average molecular weight is 635 g/mol. The van der Waals surface area contributed by atoms with Gasteiger partial charge in [-0.2, -0.15) is 9.78 Å². The predicted molar refractivity (Wildman–Crippen MR) is 158 cm³/mol. The first kappa shape index (κ1) is 28.5. The van der Waals surface area contributed by atoms with E-state index in [1.807, 2.05) is 0 Å². The molecule has 0 radical (unpaired) electrons. The number of hydrogen-bond donors (Lipinski definition) is 0. The summed E-state index contributed by atoms with van der Waals surface area (Å²) in [4.78, 5) is 41.8. The maximum absolute atomic E-state index is 13.7. The molecule has 0 spiro atoms. The van der Waals surface area contributed by atoms with Gasteiger partial charge >= 0.3 is 11.7 Å². The minimum absolute atomic E-state index is 0.0834. The fraction of sp³-hybridized carbons (Fsp3) is 0.172. The number of carbonyl (C=O) groups excluding carboxylic acids is 1. The Morgan fingerprint density at radius 3 is 2.71 bits per heavy atom. The van der Waals surface area contributed by atoms with Gasteiger partial charge < -0.3 is 18.6 Å². The second-order valence-electron chi connectivity index (χ2n) is 8.91. The molecule has 3 aromatic carbocycles. The van der Waals surface area contributed by atoms with Gasteiger partial charge in [0.15, 0.2) is 11.9 Å². The van der Waals surface area contributed by atoms with Crippen LogP contribution in [0, 0.1) is 10.1 Å². The van der Waals surface area contributed by atoms with Gasteiger partial charge in [0.05, 0.1) is 41.1 Å². The van der Waals surface area contributed by atoms with E-state index in [1.54, 1.807) is 55.5 Å². The Morgan fingerprint density at radius 2 is 1.98 bits per heavy atom. The van der Waals surface area contributed by atoms with Crippen molar-refractivity contribution in [3.8, 4) is 23.1 Å². The van der Waals surface area contributed by atoms with Crippen molar-refractivity contribution in [2.24, 2.45) is 5.10 Å². The quantitative estimate of drug-likeness (QED) is 0.0861. The van der Waals surface area contributed by atoms with Crippen molar-refractivity contribution < 1.29 is 28.3 Å². The zero-order valence-electron chi connectivity index (χ0n) is 22.6. The minimum Gasteiger partial charge on any atom is -0.496 e. The highest BCUT2D eigenvalue weighted by Crippen LogP contribution is 2.36. The van der Waals surface area contributed by atoms with E-state index in [-0.39, 0.29) is 29.5 Å². The lowest BCUT2D eigenvalue weighted by Gasteiger charge is -2.15. The molecule has 0 aliphatic heterocycles. The number of para-hydroxylation sites is 1. The zero-order chi connectivity index (χ0) is 30.0. The van der Waals surface area contributed by atoms with Crippen molar-refractivity contribution in [2.45, 2.75) is 20.0 Å². The molecule has 13 heteroatoms. The maximum Gasteiger partial charge on any atom is 0.347 e. The summed E-state index contributed by atoms with van der Waals surface area (Å²) < 4.78 is 23.6. The van der Waals surface area contributed by atoms with E-state index >= 15 is 0 Å². The normalized spacial score (nSPS) is 12.1. The molecule has 0 N–H and O–H groups in total. The molecule has 0 aliphatic rings. The van der Waals surface area contributed by atoms with Crippen LogP contribution < -0.4 is 15.0 Å². The first-order chi connectivity index (χ1) is 20.2. The molecule has 0 fully saturated rings. The smallest absolute Gasteiger partial charge is 0.347 e. The summed E-state index contributed by atoms with van der Waals surface area (Å²) in [5.74, 6) is -0.0405. The summed E-state index contributed by atoms with van der Waals surface area (Å²) in [5, 5.41) is 17.3. The second kappa shape index (κ2) is 11.8. The lowest BCUT2D eigenvalue weighted by Crippen LogP contribution is -2.27. The van der Waals surface area contributed by atoms with E-state index in [9.17, 15) is 19.7 Å². The molecule has 0 saturated heterocycles. The lowest BCUT2D eigenvalue weighted by molar-refractivity contribution is -0.386. The van der Waals surface area contributed by atoms with Gasteiger partial charge in [-0.15, -0.1) is 0 Å². The topological polar surface area (TPSA) is 148 Å². The van der Waals surface area contributed by atoms with E-state index < -0.39 is 28.2 Å². The van der Waals surface area contributed by atoms with Gasteiger partial charge in [0.1, 0.15) is 11.3 Å². The number of nitro benzene ring substituents is 1. The Bertz CT molecular complexity index is 1930. The monoisotopic (exact) mass is 634 g/mol.